The van der Waals surface area contributed by atoms with Gasteiger partial charge in [-0.3, -0.25) is 0 Å². The van der Waals surface area contributed by atoms with Gasteiger partial charge in [0.2, 0.25) is 0 Å². The molecule has 0 aromatic carbocycles. The molecule has 0 heterocycles. The minimum absolute atomic E-state index is 0.297. The van der Waals surface area contributed by atoms with Gasteiger partial charge in [0.15, 0.2) is 0 Å². The van der Waals surface area contributed by atoms with E-state index >= 15 is 0 Å². The quantitative estimate of drug-likeness (QED) is 0.623. The number of hydrogen-bond donors (Lipinski definition) is 3. The lowest BCUT2D eigenvalue weighted by Crippen LogP contribution is -2.44. The third-order valence-electron chi connectivity index (χ3n) is 4.81. The number of rotatable bonds is 7. The van der Waals surface area contributed by atoms with Crippen LogP contribution in [0, 0.1) is 17.3 Å². The van der Waals surface area contributed by atoms with Crippen LogP contribution in [0.4, 0.5) is 0 Å². The van der Waals surface area contributed by atoms with Crippen LogP contribution in [0.5, 0.6) is 0 Å². The molecular weight excluding hydrogens is 236 g/mol. The Morgan fingerprint density at radius 3 is 2.26 bits per heavy atom. The highest BCUT2D eigenvalue weighted by Crippen LogP contribution is 2.40. The van der Waals surface area contributed by atoms with Crippen LogP contribution in [0.2, 0.25) is 0 Å². The van der Waals surface area contributed by atoms with Gasteiger partial charge in [0.25, 0.3) is 0 Å². The lowest BCUT2D eigenvalue weighted by Gasteiger charge is -2.39. The lowest BCUT2D eigenvalue weighted by atomic mass is 9.68. The predicted octanol–water partition coefficient (Wildman–Crippen LogP) is 2.53. The molecule has 1 rings (SSSR count). The summed E-state index contributed by atoms with van der Waals surface area (Å²) >= 11 is 0. The molecule has 0 spiro atoms. The summed E-state index contributed by atoms with van der Waals surface area (Å²) in [5.41, 5.74) is 6.38. The topological polar surface area (TPSA) is 58.3 Å². The van der Waals surface area contributed by atoms with E-state index in [0.29, 0.717) is 18.1 Å². The molecule has 0 bridgehead atoms. The van der Waals surface area contributed by atoms with Gasteiger partial charge in [0.05, 0.1) is 0 Å². The molecule has 4 N–H and O–H groups in total. The van der Waals surface area contributed by atoms with E-state index in [0.717, 1.165) is 37.8 Å². The highest BCUT2D eigenvalue weighted by Gasteiger charge is 2.32. The molecule has 0 aromatic rings. The minimum Gasteiger partial charge on any atom is -0.396 e. The predicted molar refractivity (Wildman–Crippen MR) is 82.1 cm³/mol. The summed E-state index contributed by atoms with van der Waals surface area (Å²) < 4.78 is 0. The van der Waals surface area contributed by atoms with Gasteiger partial charge in [0.1, 0.15) is 0 Å². The van der Waals surface area contributed by atoms with Crippen LogP contribution in [0.15, 0.2) is 0 Å². The number of hydrogen-bond acceptors (Lipinski definition) is 3. The highest BCUT2D eigenvalue weighted by molar-refractivity contribution is 4.86. The first-order valence-corrected chi connectivity index (χ1v) is 8.03. The zero-order valence-corrected chi connectivity index (χ0v) is 13.1. The van der Waals surface area contributed by atoms with Gasteiger partial charge < -0.3 is 16.2 Å². The second-order valence-corrected chi connectivity index (χ2v) is 7.20. The van der Waals surface area contributed by atoms with Crippen molar-refractivity contribution < 1.29 is 5.11 Å². The third-order valence-corrected chi connectivity index (χ3v) is 4.81. The van der Waals surface area contributed by atoms with Crippen molar-refractivity contribution in [3.63, 3.8) is 0 Å². The van der Waals surface area contributed by atoms with Crippen molar-refractivity contribution in [2.45, 2.75) is 65.3 Å². The van der Waals surface area contributed by atoms with Gasteiger partial charge in [-0.15, -0.1) is 0 Å². The van der Waals surface area contributed by atoms with Crippen LogP contribution in [0.1, 0.15) is 59.3 Å². The fourth-order valence-corrected chi connectivity index (χ4v) is 3.35. The first kappa shape index (κ1) is 16.9. The maximum absolute atomic E-state index is 8.79. The van der Waals surface area contributed by atoms with Crippen LogP contribution in [-0.2, 0) is 0 Å². The van der Waals surface area contributed by atoms with Crippen molar-refractivity contribution in [1.29, 1.82) is 0 Å². The average molecular weight is 270 g/mol. The Labute approximate surface area is 119 Å². The molecule has 0 aliphatic heterocycles. The molecule has 1 aliphatic carbocycles. The Morgan fingerprint density at radius 2 is 1.79 bits per heavy atom. The molecule has 0 aromatic heterocycles. The Balaban J connectivity index is 2.31. The largest absolute Gasteiger partial charge is 0.396 e. The van der Waals surface area contributed by atoms with E-state index in [4.69, 9.17) is 10.8 Å². The normalized spacial score (nSPS) is 26.4. The molecule has 3 heteroatoms. The fraction of sp³-hybridized carbons (Fsp3) is 1.00. The molecule has 19 heavy (non-hydrogen) atoms. The average Bonchev–Trinajstić information content (AvgIpc) is 2.38. The van der Waals surface area contributed by atoms with E-state index < -0.39 is 0 Å². The van der Waals surface area contributed by atoms with E-state index in [2.05, 4.69) is 26.1 Å². The van der Waals surface area contributed by atoms with Gasteiger partial charge >= 0.3 is 0 Å². The van der Waals surface area contributed by atoms with Crippen molar-refractivity contribution in [2.24, 2.45) is 23.0 Å². The number of nitrogens with two attached hydrogens (primary N) is 1. The lowest BCUT2D eigenvalue weighted by molar-refractivity contribution is 0.133. The van der Waals surface area contributed by atoms with E-state index in [1.165, 1.54) is 25.7 Å². The van der Waals surface area contributed by atoms with E-state index in [9.17, 15) is 0 Å². The first-order chi connectivity index (χ1) is 8.99. The summed E-state index contributed by atoms with van der Waals surface area (Å²) in [6.07, 6.45) is 7.27. The number of aliphatic hydroxyl groups excluding tert-OH is 1. The molecule has 1 unspecified atom stereocenters. The molecule has 1 saturated carbocycles. The third kappa shape index (κ3) is 5.80. The zero-order chi connectivity index (χ0) is 14.3. The second kappa shape index (κ2) is 8.23. The first-order valence-electron chi connectivity index (χ1n) is 8.03. The smallest absolute Gasteiger partial charge is 0.0431 e. The highest BCUT2D eigenvalue weighted by atomic mass is 16.2. The molecular formula is C16H34N2O. The van der Waals surface area contributed by atoms with Gasteiger partial charge in [-0.25, -0.2) is 0 Å². The monoisotopic (exact) mass is 270 g/mol. The van der Waals surface area contributed by atoms with Crippen LogP contribution < -0.4 is 11.1 Å². The molecule has 0 amide bonds. The van der Waals surface area contributed by atoms with Crippen molar-refractivity contribution in [1.82, 2.24) is 5.32 Å². The molecule has 1 atom stereocenters. The Hall–Kier alpha value is -0.120. The molecule has 0 radical (unpaired) electrons. The van der Waals surface area contributed by atoms with Crippen LogP contribution in [0.25, 0.3) is 0 Å². The molecule has 114 valence electrons. The summed E-state index contributed by atoms with van der Waals surface area (Å²) in [6, 6.07) is 0.472. The van der Waals surface area contributed by atoms with Crippen LogP contribution >= 0.6 is 0 Å². The maximum Gasteiger partial charge on any atom is 0.0431 e. The number of aliphatic hydroxyl groups is 1. The Bertz CT molecular complexity index is 229. The Kier molecular flexibility index (Phi) is 7.33. The molecule has 1 aliphatic rings. The van der Waals surface area contributed by atoms with E-state index in [1.54, 1.807) is 0 Å². The van der Waals surface area contributed by atoms with Gasteiger partial charge in [-0.2, -0.15) is 0 Å². The zero-order valence-electron chi connectivity index (χ0n) is 13.1. The van der Waals surface area contributed by atoms with E-state index in [1.807, 2.05) is 0 Å². The van der Waals surface area contributed by atoms with Gasteiger partial charge in [-0.05, 0) is 62.3 Å². The maximum atomic E-state index is 8.79. The van der Waals surface area contributed by atoms with Crippen LogP contribution in [0.3, 0.4) is 0 Å². The fourth-order valence-electron chi connectivity index (χ4n) is 3.35. The van der Waals surface area contributed by atoms with Crippen molar-refractivity contribution >= 4 is 0 Å². The summed E-state index contributed by atoms with van der Waals surface area (Å²) in [4.78, 5) is 0. The van der Waals surface area contributed by atoms with Gasteiger partial charge in [0, 0.05) is 19.2 Å². The standard InChI is InChI=1S/C16H34N2O/c1-16(2,3)14-8-6-13(7-9-14)15(12-17)18-10-4-5-11-19/h13-15,18-19H,4-12,17H2,1-3H3. The SMILES string of the molecule is CC(C)(C)C1CCC(C(CN)NCCCCO)CC1. The van der Waals surface area contributed by atoms with Crippen molar-refractivity contribution in [2.75, 3.05) is 19.7 Å². The van der Waals surface area contributed by atoms with Crippen molar-refractivity contribution in [3.05, 3.63) is 0 Å². The minimum atomic E-state index is 0.297. The summed E-state index contributed by atoms with van der Waals surface area (Å²) in [7, 11) is 0. The van der Waals surface area contributed by atoms with Crippen molar-refractivity contribution in [3.8, 4) is 0 Å². The number of unbranched alkanes of at least 4 members (excludes halogenated alkanes) is 1. The summed E-state index contributed by atoms with van der Waals surface area (Å²) in [5, 5.41) is 12.4. The number of nitrogens with one attached hydrogen (secondary N) is 1. The van der Waals surface area contributed by atoms with Crippen LogP contribution in [-0.4, -0.2) is 30.8 Å². The Morgan fingerprint density at radius 1 is 1.16 bits per heavy atom. The molecule has 3 nitrogen and oxygen atoms in total. The molecule has 1 fully saturated rings. The summed E-state index contributed by atoms with van der Waals surface area (Å²) in [5.74, 6) is 1.62. The van der Waals surface area contributed by atoms with E-state index in [-0.39, 0.29) is 0 Å². The summed E-state index contributed by atoms with van der Waals surface area (Å²) in [6.45, 7) is 9.12. The molecule has 0 saturated heterocycles. The second-order valence-electron chi connectivity index (χ2n) is 7.20. The van der Waals surface area contributed by atoms with Gasteiger partial charge in [-0.1, -0.05) is 20.8 Å².